The number of benzene rings is 1. The molecule has 0 spiro atoms. The van der Waals surface area contributed by atoms with Gasteiger partial charge in [-0.05, 0) is 30.9 Å². The highest BCUT2D eigenvalue weighted by atomic mass is 16.6. The number of nitrogen functional groups attached to an aromatic ring is 1. The first-order valence-corrected chi connectivity index (χ1v) is 7.11. The molecule has 21 heavy (non-hydrogen) atoms. The Balaban J connectivity index is 2.15. The van der Waals surface area contributed by atoms with Crippen molar-refractivity contribution in [1.82, 2.24) is 4.90 Å². The summed E-state index contributed by atoms with van der Waals surface area (Å²) in [6.07, 6.45) is 3.16. The van der Waals surface area contributed by atoms with Gasteiger partial charge in [-0.15, -0.1) is 0 Å². The molecule has 1 saturated heterocycles. The van der Waals surface area contributed by atoms with Crippen molar-refractivity contribution in [2.75, 3.05) is 18.5 Å². The average molecular weight is 292 g/mol. The Labute approximate surface area is 123 Å². The number of piperidine rings is 1. The zero-order chi connectivity index (χ0) is 15.4. The zero-order valence-corrected chi connectivity index (χ0v) is 12.0. The first kappa shape index (κ1) is 15.2. The van der Waals surface area contributed by atoms with Crippen molar-refractivity contribution in [3.63, 3.8) is 0 Å². The van der Waals surface area contributed by atoms with Crippen LogP contribution in [0.4, 0.5) is 11.4 Å². The first-order chi connectivity index (χ1) is 10.1. The van der Waals surface area contributed by atoms with Gasteiger partial charge in [-0.25, -0.2) is 0 Å². The summed E-state index contributed by atoms with van der Waals surface area (Å²) < 4.78 is 0. The van der Waals surface area contributed by atoms with Gasteiger partial charge in [0.1, 0.15) is 5.69 Å². The van der Waals surface area contributed by atoms with Crippen LogP contribution in [0.2, 0.25) is 0 Å². The van der Waals surface area contributed by atoms with Crippen LogP contribution in [0, 0.1) is 16.0 Å². The number of hydrogen-bond donors (Lipinski definition) is 2. The summed E-state index contributed by atoms with van der Waals surface area (Å²) in [6, 6.07) is 4.22. The molecule has 0 radical (unpaired) electrons. The molecule has 114 valence electrons. The Morgan fingerprint density at radius 3 is 2.67 bits per heavy atom. The Kier molecular flexibility index (Phi) is 4.74. The van der Waals surface area contributed by atoms with Gasteiger partial charge in [0.15, 0.2) is 0 Å². The molecule has 0 atom stereocenters. The standard InChI is InChI=1S/C14H20N4O3/c1-2-10-5-7-17(8-6-10)14(19)11-3-4-13(18(20)21)12(9-11)16-15/h3-4,9-10,16H,2,5-8,15H2,1H3. The van der Waals surface area contributed by atoms with Crippen molar-refractivity contribution in [3.05, 3.63) is 33.9 Å². The Hall–Kier alpha value is -2.15. The number of rotatable bonds is 4. The topological polar surface area (TPSA) is 102 Å². The van der Waals surface area contributed by atoms with E-state index in [2.05, 4.69) is 12.3 Å². The van der Waals surface area contributed by atoms with Crippen LogP contribution in [-0.2, 0) is 0 Å². The number of nitro benzene ring substituents is 1. The van der Waals surface area contributed by atoms with Crippen LogP contribution in [-0.4, -0.2) is 28.8 Å². The first-order valence-electron chi connectivity index (χ1n) is 7.11. The second kappa shape index (κ2) is 6.53. The molecule has 7 nitrogen and oxygen atoms in total. The van der Waals surface area contributed by atoms with Crippen LogP contribution in [0.1, 0.15) is 36.5 Å². The van der Waals surface area contributed by atoms with Crippen LogP contribution in [0.5, 0.6) is 0 Å². The molecular weight excluding hydrogens is 272 g/mol. The molecule has 0 bridgehead atoms. The maximum Gasteiger partial charge on any atom is 0.293 e. The highest BCUT2D eigenvalue weighted by molar-refractivity contribution is 5.96. The number of nitrogens with two attached hydrogens (primary N) is 1. The fraction of sp³-hybridized carbons (Fsp3) is 0.500. The van der Waals surface area contributed by atoms with E-state index in [9.17, 15) is 14.9 Å². The van der Waals surface area contributed by atoms with E-state index in [0.29, 0.717) is 11.5 Å². The second-order valence-corrected chi connectivity index (χ2v) is 5.28. The zero-order valence-electron chi connectivity index (χ0n) is 12.0. The lowest BCUT2D eigenvalue weighted by atomic mass is 9.94. The summed E-state index contributed by atoms with van der Waals surface area (Å²) in [5.74, 6) is 5.88. The maximum atomic E-state index is 12.4. The minimum Gasteiger partial charge on any atom is -0.339 e. The van der Waals surface area contributed by atoms with E-state index in [1.165, 1.54) is 18.2 Å². The molecule has 3 N–H and O–H groups in total. The van der Waals surface area contributed by atoms with E-state index < -0.39 is 4.92 Å². The van der Waals surface area contributed by atoms with E-state index in [4.69, 9.17) is 5.84 Å². The smallest absolute Gasteiger partial charge is 0.293 e. The molecule has 1 aliphatic heterocycles. The number of amides is 1. The predicted octanol–water partition coefficient (Wildman–Crippen LogP) is 2.14. The minimum atomic E-state index is -0.532. The molecule has 0 unspecified atom stereocenters. The predicted molar refractivity (Wildman–Crippen MR) is 79.8 cm³/mol. The van der Waals surface area contributed by atoms with Crippen LogP contribution in [0.15, 0.2) is 18.2 Å². The van der Waals surface area contributed by atoms with Crippen molar-refractivity contribution < 1.29 is 9.72 Å². The van der Waals surface area contributed by atoms with Crippen LogP contribution in [0.3, 0.4) is 0 Å². The van der Waals surface area contributed by atoms with Gasteiger partial charge < -0.3 is 10.3 Å². The summed E-state index contributed by atoms with van der Waals surface area (Å²) in [5, 5.41) is 10.8. The number of carbonyl (C=O) groups is 1. The SMILES string of the molecule is CCC1CCN(C(=O)c2ccc([N+](=O)[O-])c(NN)c2)CC1. The van der Waals surface area contributed by atoms with Gasteiger partial charge in [0, 0.05) is 24.7 Å². The van der Waals surface area contributed by atoms with Crippen LogP contribution < -0.4 is 11.3 Å². The van der Waals surface area contributed by atoms with E-state index in [-0.39, 0.29) is 17.3 Å². The number of nitrogens with zero attached hydrogens (tertiary/aromatic N) is 2. The monoisotopic (exact) mass is 292 g/mol. The quantitative estimate of drug-likeness (QED) is 0.503. The minimum absolute atomic E-state index is 0.101. The number of hydrogen-bond acceptors (Lipinski definition) is 5. The Morgan fingerprint density at radius 2 is 2.14 bits per heavy atom. The lowest BCUT2D eigenvalue weighted by Gasteiger charge is -2.31. The highest BCUT2D eigenvalue weighted by Crippen LogP contribution is 2.26. The van der Waals surface area contributed by atoms with E-state index >= 15 is 0 Å². The van der Waals surface area contributed by atoms with Crippen molar-refractivity contribution >= 4 is 17.3 Å². The molecule has 1 aromatic carbocycles. The summed E-state index contributed by atoms with van der Waals surface area (Å²) in [4.78, 5) is 24.5. The number of hydrazine groups is 1. The Morgan fingerprint density at radius 1 is 1.48 bits per heavy atom. The summed E-state index contributed by atoms with van der Waals surface area (Å²) in [6.45, 7) is 3.64. The summed E-state index contributed by atoms with van der Waals surface area (Å²) in [5.41, 5.74) is 2.71. The van der Waals surface area contributed by atoms with Gasteiger partial charge in [0.05, 0.1) is 4.92 Å². The molecule has 0 aromatic heterocycles. The molecule has 2 rings (SSSR count). The number of nitrogens with one attached hydrogen (secondary N) is 1. The van der Waals surface area contributed by atoms with E-state index in [1.807, 2.05) is 0 Å². The molecule has 0 aliphatic carbocycles. The van der Waals surface area contributed by atoms with Gasteiger partial charge in [0.2, 0.25) is 0 Å². The highest BCUT2D eigenvalue weighted by Gasteiger charge is 2.24. The molecule has 0 saturated carbocycles. The van der Waals surface area contributed by atoms with Crippen molar-refractivity contribution in [1.29, 1.82) is 0 Å². The normalized spacial score (nSPS) is 15.8. The van der Waals surface area contributed by atoms with Gasteiger partial charge in [-0.2, -0.15) is 0 Å². The van der Waals surface area contributed by atoms with Crippen LogP contribution in [0.25, 0.3) is 0 Å². The number of nitro groups is 1. The number of anilines is 1. The van der Waals surface area contributed by atoms with Crippen molar-refractivity contribution in [2.24, 2.45) is 11.8 Å². The van der Waals surface area contributed by atoms with Gasteiger partial charge in [-0.3, -0.25) is 20.8 Å². The molecule has 1 amide bonds. The van der Waals surface area contributed by atoms with Crippen LogP contribution >= 0.6 is 0 Å². The second-order valence-electron chi connectivity index (χ2n) is 5.28. The fourth-order valence-corrected chi connectivity index (χ4v) is 2.67. The number of likely N-dealkylation sites (tertiary alicyclic amines) is 1. The van der Waals surface area contributed by atoms with Gasteiger partial charge >= 0.3 is 0 Å². The van der Waals surface area contributed by atoms with Crippen molar-refractivity contribution in [2.45, 2.75) is 26.2 Å². The third-order valence-corrected chi connectivity index (χ3v) is 4.07. The molecule has 1 fully saturated rings. The average Bonchev–Trinajstić information content (AvgIpc) is 2.53. The number of carbonyl (C=O) groups excluding carboxylic acids is 1. The van der Waals surface area contributed by atoms with E-state index in [1.54, 1.807) is 4.90 Å². The lowest BCUT2D eigenvalue weighted by molar-refractivity contribution is -0.384. The summed E-state index contributed by atoms with van der Waals surface area (Å²) >= 11 is 0. The third-order valence-electron chi connectivity index (χ3n) is 4.07. The molecular formula is C14H20N4O3. The fourth-order valence-electron chi connectivity index (χ4n) is 2.67. The third kappa shape index (κ3) is 3.30. The van der Waals surface area contributed by atoms with Gasteiger partial charge in [-0.1, -0.05) is 13.3 Å². The van der Waals surface area contributed by atoms with Gasteiger partial charge in [0.25, 0.3) is 11.6 Å². The molecule has 1 aromatic rings. The Bertz CT molecular complexity index is 539. The summed E-state index contributed by atoms with van der Waals surface area (Å²) in [7, 11) is 0. The maximum absolute atomic E-state index is 12.4. The van der Waals surface area contributed by atoms with Crippen molar-refractivity contribution in [3.8, 4) is 0 Å². The molecule has 1 heterocycles. The lowest BCUT2D eigenvalue weighted by Crippen LogP contribution is -2.38. The largest absolute Gasteiger partial charge is 0.339 e. The van der Waals surface area contributed by atoms with E-state index in [0.717, 1.165) is 32.4 Å². The molecule has 7 heteroatoms. The molecule has 1 aliphatic rings.